The van der Waals surface area contributed by atoms with Gasteiger partial charge in [0.25, 0.3) is 0 Å². The van der Waals surface area contributed by atoms with E-state index in [1.165, 1.54) is 0 Å². The molecule has 0 spiro atoms. The van der Waals surface area contributed by atoms with Crippen molar-refractivity contribution in [1.29, 1.82) is 0 Å². The summed E-state index contributed by atoms with van der Waals surface area (Å²) in [4.78, 5) is 4.58. The van der Waals surface area contributed by atoms with Crippen LogP contribution in [0, 0.1) is 32.5 Å². The lowest BCUT2D eigenvalue weighted by Gasteiger charge is -2.23. The number of hydrogen-bond donors (Lipinski definition) is 1. The molecule has 0 atom stereocenters. The molecule has 0 unspecified atom stereocenters. The second kappa shape index (κ2) is 11.7. The summed E-state index contributed by atoms with van der Waals surface area (Å²) >= 11 is 0. The zero-order valence-corrected chi connectivity index (χ0v) is 19.6. The molecular weight excluding hydrogens is 411 g/mol. The third kappa shape index (κ3) is 5.85. The molecule has 1 aliphatic heterocycles. The van der Waals surface area contributed by atoms with Crippen molar-refractivity contribution in [3.05, 3.63) is 77.4 Å². The summed E-state index contributed by atoms with van der Waals surface area (Å²) in [5.74, 6) is 0.135. The summed E-state index contributed by atoms with van der Waals surface area (Å²) in [5, 5.41) is 8.09. The first-order chi connectivity index (χ1) is 15.5. The molecule has 0 bridgehead atoms. The van der Waals surface area contributed by atoms with Crippen LogP contribution in [0.1, 0.15) is 50.9 Å². The van der Waals surface area contributed by atoms with Crippen molar-refractivity contribution < 1.29 is 5.82 Å². The fraction of sp³-hybridized carbons (Fsp3) is 0.357. The molecule has 0 amide bonds. The Kier molecular flexibility index (Phi) is 9.30. The van der Waals surface area contributed by atoms with Gasteiger partial charge in [0, 0.05) is 36.6 Å². The number of aliphatic imine (C=N–C) groups is 1. The van der Waals surface area contributed by atoms with E-state index in [2.05, 4.69) is 43.4 Å². The first kappa shape index (κ1) is 26.2. The number of hydrogen-bond acceptors (Lipinski definition) is 3. The molecular formula is C28H39FN4. The van der Waals surface area contributed by atoms with Crippen LogP contribution in [0.15, 0.2) is 54.3 Å². The van der Waals surface area contributed by atoms with Gasteiger partial charge in [-0.25, -0.2) is 8.91 Å². The Balaban J connectivity index is 0.00000141. The smallest absolute Gasteiger partial charge is 0.131 e. The summed E-state index contributed by atoms with van der Waals surface area (Å²) in [6.45, 7) is 15.9. The van der Waals surface area contributed by atoms with E-state index in [9.17, 15) is 0 Å². The van der Waals surface area contributed by atoms with E-state index in [0.29, 0.717) is 11.5 Å². The topological polar surface area (TPSA) is 41.7 Å². The Morgan fingerprint density at radius 3 is 2.48 bits per heavy atom. The largest absolute Gasteiger partial charge is 0.317 e. The van der Waals surface area contributed by atoms with Gasteiger partial charge in [-0.3, -0.25) is 4.99 Å². The quantitative estimate of drug-likeness (QED) is 0.338. The van der Waals surface area contributed by atoms with Crippen molar-refractivity contribution in [2.75, 3.05) is 13.1 Å². The van der Waals surface area contributed by atoms with Crippen LogP contribution in [0.2, 0.25) is 0 Å². The second-order valence-corrected chi connectivity index (χ2v) is 8.23. The van der Waals surface area contributed by atoms with Crippen molar-refractivity contribution in [3.8, 4) is 11.3 Å². The summed E-state index contributed by atoms with van der Waals surface area (Å²) in [6.07, 6.45) is 7.79. The standard InChI is InChI=1S/C25H29FN4.C2H4.CH4.H2/c1-5-28-23(19-6-8-27-9-7-19)14-21-17(3)11-20(13-22(21)26)24-12-18(4)25-10-16(2)15-30(25)29-24;1-2;;/h5,10-15,19,27H,6-9H2,1-4H3;1-2H2;1H4;1H/b23-14-,28-5?;;;. The van der Waals surface area contributed by atoms with Gasteiger partial charge in [0.15, 0.2) is 0 Å². The van der Waals surface area contributed by atoms with E-state index in [-0.39, 0.29) is 14.7 Å². The second-order valence-electron chi connectivity index (χ2n) is 8.23. The Bertz CT molecular complexity index is 1130. The molecule has 5 heteroatoms. The highest BCUT2D eigenvalue weighted by Crippen LogP contribution is 2.30. The molecule has 1 aliphatic rings. The molecule has 1 aromatic carbocycles. The van der Waals surface area contributed by atoms with Crippen LogP contribution < -0.4 is 5.32 Å². The fourth-order valence-corrected chi connectivity index (χ4v) is 4.28. The molecule has 1 saturated heterocycles. The molecule has 0 radical (unpaired) electrons. The number of benzene rings is 1. The summed E-state index contributed by atoms with van der Waals surface area (Å²) in [6, 6.07) is 7.76. The SMILES string of the molecule is C.C=C.CC=N/C(=C\c1c(C)cc(-c2cc(C)c3cc(C)cn3n2)cc1F)C1CCNCC1.[HH]. The van der Waals surface area contributed by atoms with Crippen LogP contribution >= 0.6 is 0 Å². The Morgan fingerprint density at radius 2 is 1.85 bits per heavy atom. The van der Waals surface area contributed by atoms with Gasteiger partial charge in [-0.1, -0.05) is 7.43 Å². The Hall–Kier alpha value is -3.05. The van der Waals surface area contributed by atoms with Crippen molar-refractivity contribution in [3.63, 3.8) is 0 Å². The van der Waals surface area contributed by atoms with Crippen LogP contribution in [0.5, 0.6) is 0 Å². The highest BCUT2D eigenvalue weighted by molar-refractivity contribution is 5.70. The van der Waals surface area contributed by atoms with Crippen molar-refractivity contribution >= 4 is 17.8 Å². The van der Waals surface area contributed by atoms with E-state index in [1.54, 1.807) is 12.3 Å². The van der Waals surface area contributed by atoms with Crippen LogP contribution in [0.3, 0.4) is 0 Å². The summed E-state index contributed by atoms with van der Waals surface area (Å²) in [5.41, 5.74) is 7.41. The van der Waals surface area contributed by atoms with Gasteiger partial charge in [-0.15, -0.1) is 13.2 Å². The highest BCUT2D eigenvalue weighted by Gasteiger charge is 2.19. The molecule has 4 rings (SSSR count). The monoisotopic (exact) mass is 450 g/mol. The van der Waals surface area contributed by atoms with Gasteiger partial charge < -0.3 is 5.32 Å². The number of halogens is 1. The molecule has 33 heavy (non-hydrogen) atoms. The molecule has 1 N–H and O–H groups in total. The number of nitrogens with zero attached hydrogens (tertiary/aromatic N) is 3. The van der Waals surface area contributed by atoms with Crippen molar-refractivity contribution in [1.82, 2.24) is 14.9 Å². The predicted octanol–water partition coefficient (Wildman–Crippen LogP) is 7.18. The van der Waals surface area contributed by atoms with Crippen LogP contribution in [0.4, 0.5) is 4.39 Å². The van der Waals surface area contributed by atoms with Crippen molar-refractivity contribution in [2.45, 2.75) is 48.0 Å². The molecule has 0 aliphatic carbocycles. The first-order valence-electron chi connectivity index (χ1n) is 11.1. The highest BCUT2D eigenvalue weighted by atomic mass is 19.1. The zero-order chi connectivity index (χ0) is 23.3. The van der Waals surface area contributed by atoms with E-state index in [1.807, 2.05) is 42.8 Å². The molecule has 0 saturated carbocycles. The normalized spacial score (nSPS) is 14.8. The molecule has 178 valence electrons. The number of allylic oxidation sites excluding steroid dienone is 1. The lowest BCUT2D eigenvalue weighted by molar-refractivity contribution is 0.419. The third-order valence-electron chi connectivity index (χ3n) is 5.87. The molecule has 3 aromatic rings. The van der Waals surface area contributed by atoms with Gasteiger partial charge in [0.05, 0.1) is 11.2 Å². The number of rotatable bonds is 4. The Labute approximate surface area is 199 Å². The molecule has 3 heterocycles. The van der Waals surface area contributed by atoms with Crippen LogP contribution in [-0.2, 0) is 0 Å². The minimum absolute atomic E-state index is 0. The molecule has 2 aromatic heterocycles. The Morgan fingerprint density at radius 1 is 1.15 bits per heavy atom. The summed E-state index contributed by atoms with van der Waals surface area (Å²) in [7, 11) is 0. The van der Waals surface area contributed by atoms with Gasteiger partial charge in [0.2, 0.25) is 0 Å². The van der Waals surface area contributed by atoms with Crippen LogP contribution in [-0.4, -0.2) is 28.9 Å². The number of piperidine rings is 1. The number of fused-ring (bicyclic) bond motifs is 1. The van der Waals surface area contributed by atoms with E-state index >= 15 is 4.39 Å². The average molecular weight is 451 g/mol. The van der Waals surface area contributed by atoms with Gasteiger partial charge in [0.1, 0.15) is 5.82 Å². The van der Waals surface area contributed by atoms with Gasteiger partial charge in [-0.05, 0) is 101 Å². The number of nitrogens with one attached hydrogen (secondary N) is 1. The third-order valence-corrected chi connectivity index (χ3v) is 5.87. The number of aromatic nitrogens is 2. The lowest BCUT2D eigenvalue weighted by Crippen LogP contribution is -2.28. The lowest BCUT2D eigenvalue weighted by atomic mass is 9.92. The van der Waals surface area contributed by atoms with E-state index in [0.717, 1.165) is 65.1 Å². The minimum Gasteiger partial charge on any atom is -0.317 e. The maximum Gasteiger partial charge on any atom is 0.131 e. The predicted molar refractivity (Wildman–Crippen MR) is 143 cm³/mol. The fourth-order valence-electron chi connectivity index (χ4n) is 4.28. The summed E-state index contributed by atoms with van der Waals surface area (Å²) < 4.78 is 17.1. The molecule has 1 fully saturated rings. The van der Waals surface area contributed by atoms with Gasteiger partial charge >= 0.3 is 0 Å². The van der Waals surface area contributed by atoms with E-state index < -0.39 is 0 Å². The zero-order valence-electron chi connectivity index (χ0n) is 19.6. The molecule has 4 nitrogen and oxygen atoms in total. The maximum atomic E-state index is 15.2. The number of aryl methyl sites for hydroxylation is 3. The minimum atomic E-state index is -0.231. The van der Waals surface area contributed by atoms with Gasteiger partial charge in [-0.2, -0.15) is 5.10 Å². The maximum absolute atomic E-state index is 15.2. The van der Waals surface area contributed by atoms with Crippen LogP contribution in [0.25, 0.3) is 22.9 Å². The first-order valence-corrected chi connectivity index (χ1v) is 11.1. The van der Waals surface area contributed by atoms with Crippen molar-refractivity contribution in [2.24, 2.45) is 10.9 Å². The average Bonchev–Trinajstić information content (AvgIpc) is 3.18. The van der Waals surface area contributed by atoms with E-state index in [4.69, 9.17) is 5.10 Å².